The summed E-state index contributed by atoms with van der Waals surface area (Å²) in [5, 5.41) is 11.9. The van der Waals surface area contributed by atoms with E-state index in [9.17, 15) is 14.3 Å². The maximum atomic E-state index is 13.0. The number of amides is 1. The summed E-state index contributed by atoms with van der Waals surface area (Å²) in [4.78, 5) is 13.1. The summed E-state index contributed by atoms with van der Waals surface area (Å²) in [5.41, 5.74) is 3.28. The van der Waals surface area contributed by atoms with Crippen LogP contribution in [0.3, 0.4) is 0 Å². The number of benzene rings is 4. The number of piperidine rings is 1. The van der Waals surface area contributed by atoms with Crippen LogP contribution in [0.2, 0.25) is 0 Å². The van der Waals surface area contributed by atoms with Crippen LogP contribution < -0.4 is 4.74 Å². The first kappa shape index (κ1) is 27.6. The Morgan fingerprint density at radius 3 is 2.40 bits per heavy atom. The van der Waals surface area contributed by atoms with Crippen LogP contribution in [0.25, 0.3) is 10.8 Å². The lowest BCUT2D eigenvalue weighted by Crippen LogP contribution is -2.46. The molecule has 6 nitrogen and oxygen atoms in total. The van der Waals surface area contributed by atoms with Crippen LogP contribution in [0.5, 0.6) is 5.75 Å². The Morgan fingerprint density at radius 1 is 0.875 bits per heavy atom. The van der Waals surface area contributed by atoms with Crippen LogP contribution in [-0.4, -0.2) is 48.5 Å². The molecule has 7 heteroatoms. The molecule has 1 saturated heterocycles. The van der Waals surface area contributed by atoms with Crippen LogP contribution in [0.15, 0.2) is 91.0 Å². The first-order chi connectivity index (χ1) is 19.5. The van der Waals surface area contributed by atoms with E-state index in [0.717, 1.165) is 28.5 Å². The number of hydrogen-bond donors (Lipinski definition) is 1. The predicted octanol–water partition coefficient (Wildman–Crippen LogP) is 7.02. The summed E-state index contributed by atoms with van der Waals surface area (Å²) in [7, 11) is 0. The minimum atomic E-state index is -0.909. The van der Waals surface area contributed by atoms with E-state index in [2.05, 4.69) is 54.6 Å². The maximum Gasteiger partial charge on any atom is 0.407 e. The number of carbonyl (C=O) groups is 1. The fraction of sp³-hybridized carbons (Fsp3) is 0.303. The summed E-state index contributed by atoms with van der Waals surface area (Å²) in [5.74, 6) is 0.469. The molecule has 4 aromatic carbocycles. The highest BCUT2D eigenvalue weighted by Gasteiger charge is 2.33. The van der Waals surface area contributed by atoms with Crippen LogP contribution in [-0.2, 0) is 22.7 Å². The zero-order valence-corrected chi connectivity index (χ0v) is 22.4. The van der Waals surface area contributed by atoms with Crippen molar-refractivity contribution in [2.75, 3.05) is 26.3 Å². The Kier molecular flexibility index (Phi) is 9.26. The first-order valence-corrected chi connectivity index (χ1v) is 13.7. The van der Waals surface area contributed by atoms with E-state index >= 15 is 0 Å². The molecule has 40 heavy (non-hydrogen) atoms. The van der Waals surface area contributed by atoms with E-state index in [4.69, 9.17) is 14.2 Å². The van der Waals surface area contributed by atoms with Gasteiger partial charge in [-0.2, -0.15) is 0 Å². The second-order valence-electron chi connectivity index (χ2n) is 10.1. The highest BCUT2D eigenvalue weighted by Crippen LogP contribution is 2.32. The van der Waals surface area contributed by atoms with Crippen molar-refractivity contribution in [1.29, 1.82) is 0 Å². The number of rotatable bonds is 11. The second-order valence-corrected chi connectivity index (χ2v) is 10.1. The van der Waals surface area contributed by atoms with Gasteiger partial charge in [0.1, 0.15) is 11.6 Å². The molecule has 208 valence electrons. The number of hydrogen-bond acceptors (Lipinski definition) is 4. The summed E-state index contributed by atoms with van der Waals surface area (Å²) in [6.45, 7) is 2.81. The molecule has 1 aliphatic rings. The fourth-order valence-corrected chi connectivity index (χ4v) is 5.11. The molecular weight excluding hydrogens is 509 g/mol. The van der Waals surface area contributed by atoms with Gasteiger partial charge in [-0.1, -0.05) is 60.7 Å². The largest absolute Gasteiger partial charge is 0.494 e. The van der Waals surface area contributed by atoms with E-state index in [1.807, 2.05) is 12.1 Å². The highest BCUT2D eigenvalue weighted by molar-refractivity contribution is 5.82. The van der Waals surface area contributed by atoms with Gasteiger partial charge in [0, 0.05) is 18.9 Å². The van der Waals surface area contributed by atoms with Gasteiger partial charge in [0.2, 0.25) is 0 Å². The molecule has 1 heterocycles. The highest BCUT2D eigenvalue weighted by atomic mass is 19.1. The monoisotopic (exact) mass is 543 g/mol. The average molecular weight is 544 g/mol. The Labute approximate surface area is 233 Å². The molecule has 0 bridgehead atoms. The van der Waals surface area contributed by atoms with Crippen molar-refractivity contribution in [1.82, 2.24) is 4.90 Å². The number of halogens is 1. The van der Waals surface area contributed by atoms with E-state index in [-0.39, 0.29) is 17.8 Å². The van der Waals surface area contributed by atoms with Crippen LogP contribution in [0.4, 0.5) is 9.18 Å². The molecular formula is C33H34FNO5. The van der Waals surface area contributed by atoms with Gasteiger partial charge in [-0.15, -0.1) is 0 Å². The topological polar surface area (TPSA) is 68.2 Å². The summed E-state index contributed by atoms with van der Waals surface area (Å²) in [6, 6.07) is 28.8. The maximum absolute atomic E-state index is 13.0. The molecule has 1 aliphatic heterocycles. The molecule has 0 aromatic heterocycles. The van der Waals surface area contributed by atoms with Crippen LogP contribution >= 0.6 is 0 Å². The quantitative estimate of drug-likeness (QED) is 0.206. The van der Waals surface area contributed by atoms with Gasteiger partial charge in [-0.25, -0.2) is 9.18 Å². The minimum absolute atomic E-state index is 0.106. The van der Waals surface area contributed by atoms with Crippen LogP contribution in [0, 0.1) is 5.82 Å². The second kappa shape index (κ2) is 13.4. The summed E-state index contributed by atoms with van der Waals surface area (Å²) < 4.78 is 30.7. The van der Waals surface area contributed by atoms with E-state index < -0.39 is 6.09 Å². The minimum Gasteiger partial charge on any atom is -0.494 e. The molecule has 1 amide bonds. The standard InChI is InChI=1S/C33H34FNO5/c34-29-12-14-30(15-13-29)39-19-3-18-38-22-24-6-10-27(11-7-24)31-16-17-35(33(36)37)21-32(31)40-23-25-8-9-26-4-1-2-5-28(26)20-25/h1-2,4-15,20,31-32H,3,16-19,21-23H2,(H,36,37). The zero-order chi connectivity index (χ0) is 27.7. The lowest BCUT2D eigenvalue weighted by molar-refractivity contribution is -0.0199. The molecule has 4 aromatic rings. The normalized spacial score (nSPS) is 17.2. The molecule has 1 N–H and O–H groups in total. The number of ether oxygens (including phenoxy) is 3. The third kappa shape index (κ3) is 7.37. The lowest BCUT2D eigenvalue weighted by Gasteiger charge is -2.37. The Hall–Kier alpha value is -3.94. The number of likely N-dealkylation sites (tertiary alicyclic amines) is 1. The SMILES string of the molecule is O=C(O)N1CCC(c2ccc(COCCCOc3ccc(F)cc3)cc2)C(OCc2ccc3ccccc3c2)C1. The van der Waals surface area contributed by atoms with Gasteiger partial charge in [0.15, 0.2) is 0 Å². The Bertz CT molecular complexity index is 1390. The van der Waals surface area contributed by atoms with Crippen molar-refractivity contribution in [3.05, 3.63) is 114 Å². The van der Waals surface area contributed by atoms with Gasteiger partial charge < -0.3 is 24.2 Å². The van der Waals surface area contributed by atoms with Gasteiger partial charge in [0.05, 0.1) is 39.1 Å². The van der Waals surface area contributed by atoms with Crippen molar-refractivity contribution in [3.63, 3.8) is 0 Å². The molecule has 0 aliphatic carbocycles. The molecule has 0 spiro atoms. The molecule has 0 saturated carbocycles. The first-order valence-electron chi connectivity index (χ1n) is 13.7. The molecule has 0 radical (unpaired) electrons. The number of nitrogens with zero attached hydrogens (tertiary/aromatic N) is 1. The number of fused-ring (bicyclic) bond motifs is 1. The van der Waals surface area contributed by atoms with E-state index in [1.165, 1.54) is 22.4 Å². The van der Waals surface area contributed by atoms with Crippen LogP contribution in [0.1, 0.15) is 35.4 Å². The lowest BCUT2D eigenvalue weighted by atomic mass is 9.86. The fourth-order valence-electron chi connectivity index (χ4n) is 5.11. The van der Waals surface area contributed by atoms with E-state index in [0.29, 0.717) is 51.7 Å². The Balaban J connectivity index is 1.13. The third-order valence-corrected chi connectivity index (χ3v) is 7.30. The van der Waals surface area contributed by atoms with Crippen molar-refractivity contribution < 1.29 is 28.5 Å². The van der Waals surface area contributed by atoms with Gasteiger partial charge in [0.25, 0.3) is 0 Å². The molecule has 5 rings (SSSR count). The summed E-state index contributed by atoms with van der Waals surface area (Å²) in [6.07, 6.45) is 0.291. The summed E-state index contributed by atoms with van der Waals surface area (Å²) >= 11 is 0. The Morgan fingerprint density at radius 2 is 1.62 bits per heavy atom. The molecule has 1 fully saturated rings. The van der Waals surface area contributed by atoms with Crippen molar-refractivity contribution in [2.45, 2.75) is 38.1 Å². The number of carboxylic acid groups (broad SMARTS) is 1. The van der Waals surface area contributed by atoms with Crippen molar-refractivity contribution in [2.24, 2.45) is 0 Å². The predicted molar refractivity (Wildman–Crippen MR) is 152 cm³/mol. The molecule has 2 atom stereocenters. The van der Waals surface area contributed by atoms with Gasteiger partial charge in [-0.3, -0.25) is 0 Å². The average Bonchev–Trinajstić information content (AvgIpc) is 2.99. The smallest absolute Gasteiger partial charge is 0.407 e. The van der Waals surface area contributed by atoms with Crippen molar-refractivity contribution in [3.8, 4) is 5.75 Å². The molecule has 2 unspecified atom stereocenters. The zero-order valence-electron chi connectivity index (χ0n) is 22.4. The van der Waals surface area contributed by atoms with Gasteiger partial charge in [-0.05, 0) is 64.2 Å². The van der Waals surface area contributed by atoms with Crippen molar-refractivity contribution >= 4 is 16.9 Å². The third-order valence-electron chi connectivity index (χ3n) is 7.30. The van der Waals surface area contributed by atoms with Gasteiger partial charge >= 0.3 is 6.09 Å². The van der Waals surface area contributed by atoms with E-state index in [1.54, 1.807) is 12.1 Å².